The summed E-state index contributed by atoms with van der Waals surface area (Å²) in [7, 11) is 1.73. The molecule has 0 saturated heterocycles. The van der Waals surface area contributed by atoms with E-state index in [1.807, 2.05) is 18.2 Å². The second kappa shape index (κ2) is 10.8. The molecule has 0 aliphatic carbocycles. The van der Waals surface area contributed by atoms with Crippen molar-refractivity contribution in [3.8, 4) is 5.69 Å². The normalized spacial score (nSPS) is 10.6. The van der Waals surface area contributed by atoms with Crippen molar-refractivity contribution in [2.24, 2.45) is 7.05 Å². The fourth-order valence-electron chi connectivity index (χ4n) is 3.21. The van der Waals surface area contributed by atoms with E-state index < -0.39 is 23.5 Å². The van der Waals surface area contributed by atoms with Gasteiger partial charge in [-0.25, -0.2) is 9.07 Å². The zero-order chi connectivity index (χ0) is 24.8. The van der Waals surface area contributed by atoms with E-state index in [-0.39, 0.29) is 28.4 Å². The molecule has 3 N–H and O–H groups in total. The Hall–Kier alpha value is -3.86. The molecule has 2 aromatic carbocycles. The summed E-state index contributed by atoms with van der Waals surface area (Å²) >= 11 is 1.06. The van der Waals surface area contributed by atoms with Crippen molar-refractivity contribution in [3.63, 3.8) is 0 Å². The molecule has 0 spiro atoms. The highest BCUT2D eigenvalue weighted by molar-refractivity contribution is 8.00. The predicted molar refractivity (Wildman–Crippen MR) is 131 cm³/mol. The van der Waals surface area contributed by atoms with Gasteiger partial charge in [0, 0.05) is 19.7 Å². The van der Waals surface area contributed by atoms with Crippen LogP contribution in [0.3, 0.4) is 0 Å². The van der Waals surface area contributed by atoms with Crippen molar-refractivity contribution in [2.75, 3.05) is 27.5 Å². The van der Waals surface area contributed by atoms with Crippen LogP contribution in [-0.2, 0) is 21.4 Å². The van der Waals surface area contributed by atoms with Gasteiger partial charge in [-0.1, -0.05) is 18.2 Å². The number of nitrogens with zero attached hydrogens (tertiary/aromatic N) is 2. The summed E-state index contributed by atoms with van der Waals surface area (Å²) in [5, 5.41) is 7.57. The van der Waals surface area contributed by atoms with Crippen LogP contribution >= 0.6 is 11.8 Å². The summed E-state index contributed by atoms with van der Waals surface area (Å²) < 4.78 is 16.8. The average molecular weight is 486 g/mol. The number of hydrogen-bond acceptors (Lipinski definition) is 5. The second-order valence-corrected chi connectivity index (χ2v) is 8.39. The molecule has 0 unspecified atom stereocenters. The van der Waals surface area contributed by atoms with Crippen molar-refractivity contribution in [1.82, 2.24) is 9.36 Å². The second-order valence-electron chi connectivity index (χ2n) is 7.40. The Bertz CT molecular complexity index is 1290. The van der Waals surface area contributed by atoms with Gasteiger partial charge in [0.15, 0.2) is 0 Å². The number of carbonyl (C=O) groups is 3. The van der Waals surface area contributed by atoms with Gasteiger partial charge in [-0.2, -0.15) is 0 Å². The van der Waals surface area contributed by atoms with Crippen molar-refractivity contribution >= 4 is 46.5 Å². The van der Waals surface area contributed by atoms with Crippen LogP contribution in [0.2, 0.25) is 0 Å². The van der Waals surface area contributed by atoms with E-state index in [1.165, 1.54) is 23.7 Å². The molecule has 0 saturated carbocycles. The molecule has 0 fully saturated rings. The van der Waals surface area contributed by atoms with Crippen LogP contribution in [-0.4, -0.2) is 38.6 Å². The Morgan fingerprint density at radius 2 is 1.62 bits per heavy atom. The SMILES string of the molecule is CC(=O)Nc1cc(NC(=O)CSCC(=O)Nc2c(C)n(C)n(-c3ccccc3)c2=O)ccc1F. The lowest BCUT2D eigenvalue weighted by Crippen LogP contribution is -2.24. The standard InChI is InChI=1S/C23H24FN5O4S/c1-14-22(23(33)29(28(14)3)17-7-5-4-6-8-17)27-21(32)13-34-12-20(31)26-16-9-10-18(24)19(11-16)25-15(2)30/h4-11H,12-13H2,1-3H3,(H,25,30)(H,26,31)(H,27,32). The molecule has 0 aliphatic rings. The van der Waals surface area contributed by atoms with Gasteiger partial charge in [-0.05, 0) is 37.3 Å². The number of rotatable bonds is 8. The zero-order valence-corrected chi connectivity index (χ0v) is 19.7. The highest BCUT2D eigenvalue weighted by atomic mass is 32.2. The van der Waals surface area contributed by atoms with Gasteiger partial charge >= 0.3 is 0 Å². The molecule has 11 heteroatoms. The fourth-order valence-corrected chi connectivity index (χ4v) is 3.83. The summed E-state index contributed by atoms with van der Waals surface area (Å²) in [6, 6.07) is 12.9. The van der Waals surface area contributed by atoms with Crippen LogP contribution in [0, 0.1) is 12.7 Å². The Morgan fingerprint density at radius 1 is 0.971 bits per heavy atom. The fraction of sp³-hybridized carbons (Fsp3) is 0.217. The summed E-state index contributed by atoms with van der Waals surface area (Å²) in [6.07, 6.45) is 0. The van der Waals surface area contributed by atoms with Crippen LogP contribution in [0.15, 0.2) is 53.3 Å². The minimum absolute atomic E-state index is 0.0394. The highest BCUT2D eigenvalue weighted by Crippen LogP contribution is 2.20. The lowest BCUT2D eigenvalue weighted by molar-refractivity contribution is -0.115. The number of benzene rings is 2. The molecule has 34 heavy (non-hydrogen) atoms. The van der Waals surface area contributed by atoms with E-state index in [9.17, 15) is 23.6 Å². The maximum atomic E-state index is 13.7. The predicted octanol–water partition coefficient (Wildman–Crippen LogP) is 2.89. The summed E-state index contributed by atoms with van der Waals surface area (Å²) in [4.78, 5) is 48.6. The number of anilines is 3. The molecule has 0 bridgehead atoms. The number of thioether (sulfide) groups is 1. The first-order valence-electron chi connectivity index (χ1n) is 10.3. The summed E-state index contributed by atoms with van der Waals surface area (Å²) in [5.74, 6) is -1.97. The third-order valence-electron chi connectivity index (χ3n) is 4.85. The van der Waals surface area contributed by atoms with E-state index >= 15 is 0 Å². The Balaban J connectivity index is 1.56. The molecule has 0 atom stereocenters. The van der Waals surface area contributed by atoms with Gasteiger partial charge in [0.25, 0.3) is 5.56 Å². The number of aromatic nitrogens is 2. The highest BCUT2D eigenvalue weighted by Gasteiger charge is 2.18. The quantitative estimate of drug-likeness (QED) is 0.454. The number of carbonyl (C=O) groups excluding carboxylic acids is 3. The van der Waals surface area contributed by atoms with Gasteiger partial charge < -0.3 is 16.0 Å². The third-order valence-corrected chi connectivity index (χ3v) is 5.78. The minimum atomic E-state index is -0.623. The largest absolute Gasteiger partial charge is 0.325 e. The smallest absolute Gasteiger partial charge is 0.295 e. The molecular formula is C23H24FN5O4S. The monoisotopic (exact) mass is 485 g/mol. The Kier molecular flexibility index (Phi) is 7.90. The van der Waals surface area contributed by atoms with Gasteiger partial charge in [-0.15, -0.1) is 11.8 Å². The Morgan fingerprint density at radius 3 is 2.26 bits per heavy atom. The first-order valence-corrected chi connectivity index (χ1v) is 11.4. The van der Waals surface area contributed by atoms with Gasteiger partial charge in [-0.3, -0.25) is 23.9 Å². The van der Waals surface area contributed by atoms with Crippen molar-refractivity contribution in [3.05, 3.63) is 70.4 Å². The van der Waals surface area contributed by atoms with Crippen LogP contribution < -0.4 is 21.5 Å². The minimum Gasteiger partial charge on any atom is -0.325 e. The van der Waals surface area contributed by atoms with Gasteiger partial charge in [0.05, 0.1) is 28.6 Å². The lowest BCUT2D eigenvalue weighted by Gasteiger charge is -2.09. The third kappa shape index (κ3) is 5.93. The number of amides is 3. The van der Waals surface area contributed by atoms with Crippen LogP contribution in [0.5, 0.6) is 0 Å². The average Bonchev–Trinajstić information content (AvgIpc) is 2.99. The van der Waals surface area contributed by atoms with Crippen LogP contribution in [0.1, 0.15) is 12.6 Å². The van der Waals surface area contributed by atoms with Gasteiger partial charge in [0.1, 0.15) is 11.5 Å². The molecule has 1 heterocycles. The lowest BCUT2D eigenvalue weighted by atomic mass is 10.2. The van der Waals surface area contributed by atoms with Crippen LogP contribution in [0.4, 0.5) is 21.5 Å². The molecule has 3 amide bonds. The molecule has 0 radical (unpaired) electrons. The molecular weight excluding hydrogens is 461 g/mol. The topological polar surface area (TPSA) is 114 Å². The maximum absolute atomic E-state index is 13.7. The number of halogens is 1. The molecule has 178 valence electrons. The number of hydrogen-bond donors (Lipinski definition) is 3. The van der Waals surface area contributed by atoms with E-state index in [1.54, 1.807) is 30.8 Å². The molecule has 3 rings (SSSR count). The van der Waals surface area contributed by atoms with Crippen molar-refractivity contribution in [1.29, 1.82) is 0 Å². The van der Waals surface area contributed by atoms with Crippen molar-refractivity contribution < 1.29 is 18.8 Å². The summed E-state index contributed by atoms with van der Waals surface area (Å²) in [5.41, 5.74) is 1.36. The van der Waals surface area contributed by atoms with Gasteiger partial charge in [0.2, 0.25) is 17.7 Å². The van der Waals surface area contributed by atoms with E-state index in [0.717, 1.165) is 17.8 Å². The number of para-hydroxylation sites is 1. The Labute approximate surface area is 199 Å². The maximum Gasteiger partial charge on any atom is 0.295 e. The zero-order valence-electron chi connectivity index (χ0n) is 18.8. The van der Waals surface area contributed by atoms with E-state index in [2.05, 4.69) is 16.0 Å². The molecule has 0 aliphatic heterocycles. The number of nitrogens with one attached hydrogen (secondary N) is 3. The first-order chi connectivity index (χ1) is 16.2. The first kappa shape index (κ1) is 24.8. The van der Waals surface area contributed by atoms with E-state index in [4.69, 9.17) is 0 Å². The van der Waals surface area contributed by atoms with Crippen LogP contribution in [0.25, 0.3) is 5.69 Å². The molecule has 1 aromatic heterocycles. The summed E-state index contributed by atoms with van der Waals surface area (Å²) in [6.45, 7) is 2.98. The van der Waals surface area contributed by atoms with E-state index in [0.29, 0.717) is 17.1 Å². The van der Waals surface area contributed by atoms with Crippen molar-refractivity contribution in [2.45, 2.75) is 13.8 Å². The molecule has 3 aromatic rings. The molecule has 9 nitrogen and oxygen atoms in total.